The molecule has 0 saturated carbocycles. The predicted molar refractivity (Wildman–Crippen MR) is 168 cm³/mol. The van der Waals surface area contributed by atoms with Crippen LogP contribution in [-0.2, 0) is 22.5 Å². The van der Waals surface area contributed by atoms with Gasteiger partial charge in [-0.15, -0.1) is 0 Å². The lowest BCUT2D eigenvalue weighted by molar-refractivity contribution is 0.0154. The van der Waals surface area contributed by atoms with Crippen LogP contribution in [0, 0.1) is 0 Å². The molecule has 0 N–H and O–H groups in total. The van der Waals surface area contributed by atoms with Crippen LogP contribution in [0.15, 0.2) is 36.4 Å². The topological polar surface area (TPSA) is 80.3 Å². The first kappa shape index (κ1) is 29.9. The van der Waals surface area contributed by atoms with Crippen molar-refractivity contribution in [3.63, 3.8) is 0 Å². The van der Waals surface area contributed by atoms with Crippen LogP contribution in [0.5, 0.6) is 6.01 Å². The molecule has 1 unspecified atom stereocenters. The Hall–Kier alpha value is -3.14. The third kappa shape index (κ3) is 6.40. The van der Waals surface area contributed by atoms with Crippen LogP contribution in [0.25, 0.3) is 10.8 Å². The minimum Gasteiger partial charge on any atom is -0.462 e. The second-order valence-corrected chi connectivity index (χ2v) is 13.4. The van der Waals surface area contributed by atoms with Gasteiger partial charge in [0.25, 0.3) is 0 Å². The summed E-state index contributed by atoms with van der Waals surface area (Å²) < 4.78 is 18.5. The Morgan fingerprint density at radius 3 is 2.63 bits per heavy atom. The van der Waals surface area contributed by atoms with Gasteiger partial charge in [-0.3, -0.25) is 0 Å². The van der Waals surface area contributed by atoms with Crippen LogP contribution in [0.2, 0.25) is 5.02 Å². The fourth-order valence-corrected chi connectivity index (χ4v) is 6.74. The molecule has 9 nitrogen and oxygen atoms in total. The van der Waals surface area contributed by atoms with Gasteiger partial charge < -0.3 is 28.9 Å². The quantitative estimate of drug-likeness (QED) is 0.349. The molecule has 3 aromatic rings. The number of piperazine rings is 1. The van der Waals surface area contributed by atoms with Crippen molar-refractivity contribution in [2.45, 2.75) is 77.4 Å². The molecule has 0 spiro atoms. The minimum atomic E-state index is -0.540. The van der Waals surface area contributed by atoms with E-state index in [1.165, 1.54) is 6.42 Å². The van der Waals surface area contributed by atoms with Crippen LogP contribution >= 0.6 is 11.6 Å². The lowest BCUT2D eigenvalue weighted by Gasteiger charge is -2.41. The first-order valence-electron chi connectivity index (χ1n) is 15.3. The number of carbonyl (C=O) groups is 1. The molecule has 0 bridgehead atoms. The minimum absolute atomic E-state index is 0.0548. The molecule has 2 fully saturated rings. The van der Waals surface area contributed by atoms with Gasteiger partial charge in [-0.25, -0.2) is 4.79 Å². The van der Waals surface area contributed by atoms with Gasteiger partial charge in [0.2, 0.25) is 0 Å². The summed E-state index contributed by atoms with van der Waals surface area (Å²) in [6, 6.07) is 12.9. The zero-order chi connectivity index (χ0) is 30.3. The molecular formula is C33H42ClN5O4. The summed E-state index contributed by atoms with van der Waals surface area (Å²) in [7, 11) is 2.14. The molecule has 1 amide bonds. The Balaban J connectivity index is 1.29. The zero-order valence-corrected chi connectivity index (χ0v) is 26.6. The number of aromatic nitrogens is 2. The molecule has 10 heteroatoms. The molecule has 43 heavy (non-hydrogen) atoms. The molecule has 4 heterocycles. The summed E-state index contributed by atoms with van der Waals surface area (Å²) >= 11 is 6.68. The number of halogens is 1. The number of amides is 1. The van der Waals surface area contributed by atoms with Crippen molar-refractivity contribution in [3.8, 4) is 6.01 Å². The third-order valence-electron chi connectivity index (χ3n) is 8.72. The highest BCUT2D eigenvalue weighted by Crippen LogP contribution is 2.39. The van der Waals surface area contributed by atoms with E-state index >= 15 is 0 Å². The average molecular weight is 608 g/mol. The number of fused-ring (bicyclic) bond motifs is 2. The fraction of sp³-hybridized carbons (Fsp3) is 0.545. The monoisotopic (exact) mass is 607 g/mol. The predicted octanol–water partition coefficient (Wildman–Crippen LogP) is 6.02. The highest BCUT2D eigenvalue weighted by atomic mass is 35.5. The Morgan fingerprint density at radius 2 is 1.91 bits per heavy atom. The summed E-state index contributed by atoms with van der Waals surface area (Å²) in [6.45, 7) is 11.5. The second-order valence-electron chi connectivity index (χ2n) is 13.0. The molecule has 3 aliphatic heterocycles. The summed E-state index contributed by atoms with van der Waals surface area (Å²) in [5.74, 6) is 0.824. The Bertz CT molecular complexity index is 1490. The Labute approximate surface area is 259 Å². The molecule has 0 aliphatic carbocycles. The van der Waals surface area contributed by atoms with Crippen molar-refractivity contribution in [1.29, 1.82) is 0 Å². The smallest absolute Gasteiger partial charge is 0.410 e. The molecule has 2 aromatic carbocycles. The van der Waals surface area contributed by atoms with Crippen molar-refractivity contribution in [2.75, 3.05) is 44.7 Å². The lowest BCUT2D eigenvalue weighted by Crippen LogP contribution is -2.55. The molecular weight excluding hydrogens is 566 g/mol. The standard InChI is InChI=1S/C33H42ClN5O4/c1-21-18-38(15-16-39(21)32(40)43-33(2,3)4)30-25-20-41-28(24-12-6-9-22-10-7-13-26(34)29(22)24)17-27(25)35-31(36-30)42-19-23-11-8-14-37(23)5/h6-7,9-10,12-13,21,23,28H,8,11,14-20H2,1-5H3/t21-,23+,28?/m1/s1. The Morgan fingerprint density at radius 1 is 1.12 bits per heavy atom. The van der Waals surface area contributed by atoms with Gasteiger partial charge >= 0.3 is 12.1 Å². The summed E-state index contributed by atoms with van der Waals surface area (Å²) in [4.78, 5) is 29.2. The highest BCUT2D eigenvalue weighted by Gasteiger charge is 2.35. The van der Waals surface area contributed by atoms with Gasteiger partial charge in [0.15, 0.2) is 0 Å². The number of nitrogens with zero attached hydrogens (tertiary/aromatic N) is 5. The summed E-state index contributed by atoms with van der Waals surface area (Å²) in [5, 5.41) is 2.82. The average Bonchev–Trinajstić information content (AvgIpc) is 3.38. The van der Waals surface area contributed by atoms with Gasteiger partial charge in [0, 0.05) is 54.1 Å². The number of anilines is 1. The van der Waals surface area contributed by atoms with Crippen LogP contribution in [0.4, 0.5) is 10.6 Å². The van der Waals surface area contributed by atoms with E-state index in [1.54, 1.807) is 4.90 Å². The van der Waals surface area contributed by atoms with Crippen LogP contribution in [-0.4, -0.2) is 83.4 Å². The molecule has 6 rings (SSSR count). The Kier molecular flexibility index (Phi) is 8.41. The van der Waals surface area contributed by atoms with Gasteiger partial charge in [0.1, 0.15) is 18.0 Å². The number of benzene rings is 2. The largest absolute Gasteiger partial charge is 0.462 e. The SMILES string of the molecule is C[C@@H]1CN(c2nc(OC[C@@H]3CCCN3C)nc3c2COC(c2cccc4cccc(Cl)c24)C3)CCN1C(=O)OC(C)(C)C. The van der Waals surface area contributed by atoms with Crippen molar-refractivity contribution >= 4 is 34.3 Å². The lowest BCUT2D eigenvalue weighted by atomic mass is 9.94. The van der Waals surface area contributed by atoms with Gasteiger partial charge in [-0.1, -0.05) is 41.9 Å². The number of ether oxygens (including phenoxy) is 3. The third-order valence-corrected chi connectivity index (χ3v) is 9.04. The van der Waals surface area contributed by atoms with E-state index in [9.17, 15) is 4.79 Å². The number of likely N-dealkylation sites (N-methyl/N-ethyl adjacent to an activating group) is 1. The van der Waals surface area contributed by atoms with Crippen molar-refractivity contribution < 1.29 is 19.0 Å². The van der Waals surface area contributed by atoms with E-state index in [-0.39, 0.29) is 18.2 Å². The molecule has 230 valence electrons. The van der Waals surface area contributed by atoms with Crippen LogP contribution < -0.4 is 9.64 Å². The number of likely N-dealkylation sites (tertiary alicyclic amines) is 1. The number of hydrogen-bond acceptors (Lipinski definition) is 8. The summed E-state index contributed by atoms with van der Waals surface area (Å²) in [6.07, 6.45) is 2.38. The fourth-order valence-electron chi connectivity index (χ4n) is 6.45. The van der Waals surface area contributed by atoms with E-state index in [0.717, 1.165) is 46.4 Å². The number of hydrogen-bond donors (Lipinski definition) is 0. The van der Waals surface area contributed by atoms with E-state index in [0.29, 0.717) is 56.3 Å². The molecule has 3 atom stereocenters. The first-order chi connectivity index (χ1) is 20.6. The maximum Gasteiger partial charge on any atom is 0.410 e. The molecule has 3 aliphatic rings. The van der Waals surface area contributed by atoms with Crippen LogP contribution in [0.3, 0.4) is 0 Å². The van der Waals surface area contributed by atoms with Crippen molar-refractivity contribution in [3.05, 3.63) is 58.2 Å². The van der Waals surface area contributed by atoms with Crippen molar-refractivity contribution in [2.24, 2.45) is 0 Å². The van der Waals surface area contributed by atoms with Crippen molar-refractivity contribution in [1.82, 2.24) is 19.8 Å². The van der Waals surface area contributed by atoms with E-state index in [2.05, 4.69) is 41.1 Å². The van der Waals surface area contributed by atoms with Gasteiger partial charge in [-0.2, -0.15) is 9.97 Å². The summed E-state index contributed by atoms with van der Waals surface area (Å²) in [5.41, 5.74) is 2.43. The molecule has 0 radical (unpaired) electrons. The van der Waals surface area contributed by atoms with E-state index in [1.807, 2.05) is 39.8 Å². The first-order valence-corrected chi connectivity index (χ1v) is 15.7. The molecule has 2 saturated heterocycles. The van der Waals surface area contributed by atoms with E-state index in [4.69, 9.17) is 35.8 Å². The van der Waals surface area contributed by atoms with Gasteiger partial charge in [-0.05, 0) is 71.1 Å². The number of carbonyl (C=O) groups excluding carboxylic acids is 1. The second kappa shape index (κ2) is 12.1. The normalized spacial score (nSPS) is 23.0. The molecule has 1 aromatic heterocycles. The van der Waals surface area contributed by atoms with Gasteiger partial charge in [0.05, 0.1) is 18.4 Å². The maximum atomic E-state index is 12.9. The zero-order valence-electron chi connectivity index (χ0n) is 25.8. The maximum absolute atomic E-state index is 12.9. The number of rotatable bonds is 5. The highest BCUT2D eigenvalue weighted by molar-refractivity contribution is 6.35. The van der Waals surface area contributed by atoms with E-state index < -0.39 is 5.60 Å². The van der Waals surface area contributed by atoms with Crippen LogP contribution in [0.1, 0.15) is 63.5 Å².